The lowest BCUT2D eigenvalue weighted by Crippen LogP contribution is -2.44. The van der Waals surface area contributed by atoms with Gasteiger partial charge in [-0.3, -0.25) is 4.99 Å². The van der Waals surface area contributed by atoms with Gasteiger partial charge in [0.15, 0.2) is 17.5 Å². The Kier molecular flexibility index (Phi) is 8.90. The normalized spacial score (nSPS) is 14.3. The standard InChI is InChI=1S/C16H26N4O4S.HI/c1-4-18-16(19-6-8-25(17,21)22)20-7-5-12-9-14(23-2)15(24-3)10-13(12)11-20;/h9-10H,4-8,11H2,1-3H3,(H,18,19)(H2,17,21,22);1H. The number of nitrogens with two attached hydrogens (primary N) is 1. The van der Waals surface area contributed by atoms with Gasteiger partial charge in [0, 0.05) is 19.6 Å². The zero-order valence-corrected chi connectivity index (χ0v) is 18.5. The molecule has 26 heavy (non-hydrogen) atoms. The van der Waals surface area contributed by atoms with Gasteiger partial charge in [0.2, 0.25) is 10.0 Å². The first-order valence-electron chi connectivity index (χ1n) is 8.15. The highest BCUT2D eigenvalue weighted by Crippen LogP contribution is 2.33. The van der Waals surface area contributed by atoms with Crippen LogP contribution in [0.25, 0.3) is 0 Å². The molecule has 0 fully saturated rings. The molecule has 0 aromatic heterocycles. The summed E-state index contributed by atoms with van der Waals surface area (Å²) in [7, 11) is -0.274. The van der Waals surface area contributed by atoms with Gasteiger partial charge in [-0.1, -0.05) is 0 Å². The van der Waals surface area contributed by atoms with E-state index in [9.17, 15) is 8.42 Å². The van der Waals surface area contributed by atoms with Crippen LogP contribution in [0, 0.1) is 0 Å². The molecule has 1 heterocycles. The predicted molar refractivity (Wildman–Crippen MR) is 113 cm³/mol. The molecule has 0 radical (unpaired) electrons. The second-order valence-electron chi connectivity index (χ2n) is 5.75. The van der Waals surface area contributed by atoms with E-state index in [0.717, 1.165) is 24.3 Å². The largest absolute Gasteiger partial charge is 0.493 e. The third-order valence-electron chi connectivity index (χ3n) is 3.99. The van der Waals surface area contributed by atoms with Gasteiger partial charge in [0.1, 0.15) is 0 Å². The molecule has 0 bridgehead atoms. The van der Waals surface area contributed by atoms with Crippen molar-refractivity contribution in [2.24, 2.45) is 10.1 Å². The van der Waals surface area contributed by atoms with Crippen molar-refractivity contribution in [3.05, 3.63) is 23.3 Å². The minimum atomic E-state index is -3.51. The summed E-state index contributed by atoms with van der Waals surface area (Å²) in [4.78, 5) is 6.49. The quantitative estimate of drug-likeness (QED) is 0.344. The van der Waals surface area contributed by atoms with Crippen LogP contribution in [-0.2, 0) is 23.0 Å². The highest BCUT2D eigenvalue weighted by Gasteiger charge is 2.21. The number of rotatable bonds is 6. The van der Waals surface area contributed by atoms with Gasteiger partial charge < -0.3 is 19.7 Å². The van der Waals surface area contributed by atoms with Crippen LogP contribution in [-0.4, -0.2) is 58.9 Å². The summed E-state index contributed by atoms with van der Waals surface area (Å²) in [6, 6.07) is 3.99. The van der Waals surface area contributed by atoms with Crippen molar-refractivity contribution in [1.29, 1.82) is 0 Å². The van der Waals surface area contributed by atoms with Crippen LogP contribution >= 0.6 is 24.0 Å². The van der Waals surface area contributed by atoms with Crippen molar-refractivity contribution >= 4 is 40.0 Å². The van der Waals surface area contributed by atoms with Gasteiger partial charge in [-0.05, 0) is 36.6 Å². The molecule has 3 N–H and O–H groups in total. The van der Waals surface area contributed by atoms with Gasteiger partial charge in [-0.2, -0.15) is 0 Å². The Morgan fingerprint density at radius 3 is 2.42 bits per heavy atom. The third-order valence-corrected chi connectivity index (χ3v) is 4.74. The van der Waals surface area contributed by atoms with E-state index in [-0.39, 0.29) is 36.3 Å². The lowest BCUT2D eigenvalue weighted by molar-refractivity contribution is 0.346. The van der Waals surface area contributed by atoms with Crippen molar-refractivity contribution < 1.29 is 17.9 Å². The molecule has 148 valence electrons. The number of methoxy groups -OCH3 is 2. The van der Waals surface area contributed by atoms with Crippen LogP contribution in [0.15, 0.2) is 17.1 Å². The van der Waals surface area contributed by atoms with Crippen LogP contribution in [0.2, 0.25) is 0 Å². The summed E-state index contributed by atoms with van der Waals surface area (Å²) in [6.45, 7) is 4.25. The number of nitrogens with zero attached hydrogens (tertiary/aromatic N) is 2. The molecule has 1 aliphatic rings. The topological polar surface area (TPSA) is 106 Å². The first kappa shape index (κ1) is 22.8. The Morgan fingerprint density at radius 1 is 1.27 bits per heavy atom. The van der Waals surface area contributed by atoms with Gasteiger partial charge in [0.25, 0.3) is 0 Å². The zero-order chi connectivity index (χ0) is 18.4. The molecule has 10 heteroatoms. The molecular formula is C16H27IN4O4S. The number of sulfonamides is 1. The summed E-state index contributed by atoms with van der Waals surface area (Å²) in [5.41, 5.74) is 2.36. The maximum Gasteiger partial charge on any atom is 0.210 e. The number of primary sulfonamides is 1. The Bertz CT molecular complexity index is 740. The second-order valence-corrected chi connectivity index (χ2v) is 7.48. The minimum Gasteiger partial charge on any atom is -0.493 e. The molecule has 0 spiro atoms. The number of aliphatic imine (C=N–C) groups is 1. The number of halogens is 1. The van der Waals surface area contributed by atoms with Crippen molar-refractivity contribution in [2.75, 3.05) is 39.6 Å². The van der Waals surface area contributed by atoms with Gasteiger partial charge in [-0.15, -0.1) is 24.0 Å². The molecule has 1 aromatic carbocycles. The van der Waals surface area contributed by atoms with E-state index in [1.165, 1.54) is 5.56 Å². The molecule has 0 amide bonds. The lowest BCUT2D eigenvalue weighted by atomic mass is 9.99. The van der Waals surface area contributed by atoms with E-state index in [4.69, 9.17) is 14.6 Å². The second kappa shape index (κ2) is 10.2. The molecule has 0 unspecified atom stereocenters. The zero-order valence-electron chi connectivity index (χ0n) is 15.3. The Morgan fingerprint density at radius 2 is 1.88 bits per heavy atom. The molecule has 0 saturated carbocycles. The first-order valence-corrected chi connectivity index (χ1v) is 9.87. The van der Waals surface area contributed by atoms with Crippen LogP contribution < -0.4 is 19.9 Å². The fraction of sp³-hybridized carbons (Fsp3) is 0.562. The van der Waals surface area contributed by atoms with Crippen LogP contribution in [0.5, 0.6) is 11.5 Å². The Hall–Kier alpha value is -1.27. The number of benzene rings is 1. The molecule has 0 saturated heterocycles. The molecule has 0 aliphatic carbocycles. The molecular weight excluding hydrogens is 471 g/mol. The minimum absolute atomic E-state index is 0. The van der Waals surface area contributed by atoms with E-state index in [1.807, 2.05) is 19.1 Å². The van der Waals surface area contributed by atoms with Gasteiger partial charge in [0.05, 0.1) is 26.5 Å². The molecule has 1 aliphatic heterocycles. The molecule has 2 rings (SSSR count). The van der Waals surface area contributed by atoms with Crippen LogP contribution in [0.1, 0.15) is 18.1 Å². The predicted octanol–water partition coefficient (Wildman–Crippen LogP) is 0.934. The fourth-order valence-electron chi connectivity index (χ4n) is 2.77. The van der Waals surface area contributed by atoms with E-state index in [0.29, 0.717) is 24.8 Å². The van der Waals surface area contributed by atoms with Crippen molar-refractivity contribution in [3.63, 3.8) is 0 Å². The van der Waals surface area contributed by atoms with E-state index >= 15 is 0 Å². The van der Waals surface area contributed by atoms with Gasteiger partial charge in [-0.25, -0.2) is 13.6 Å². The summed E-state index contributed by atoms with van der Waals surface area (Å²) in [6.07, 6.45) is 0.843. The van der Waals surface area contributed by atoms with Crippen LogP contribution in [0.4, 0.5) is 0 Å². The highest BCUT2D eigenvalue weighted by atomic mass is 127. The SMILES string of the molecule is CCNC(=NCCS(N)(=O)=O)N1CCc2cc(OC)c(OC)cc2C1.I. The summed E-state index contributed by atoms with van der Waals surface area (Å²) < 4.78 is 32.9. The number of nitrogens with one attached hydrogen (secondary N) is 1. The van der Waals surface area contributed by atoms with Crippen molar-refractivity contribution in [2.45, 2.75) is 19.9 Å². The number of hydrogen-bond donors (Lipinski definition) is 2. The smallest absolute Gasteiger partial charge is 0.210 e. The highest BCUT2D eigenvalue weighted by molar-refractivity contribution is 14.0. The lowest BCUT2D eigenvalue weighted by Gasteiger charge is -2.32. The third kappa shape index (κ3) is 6.16. The van der Waals surface area contributed by atoms with Crippen molar-refractivity contribution in [1.82, 2.24) is 10.2 Å². The van der Waals surface area contributed by atoms with Gasteiger partial charge >= 0.3 is 0 Å². The van der Waals surface area contributed by atoms with E-state index in [2.05, 4.69) is 15.2 Å². The van der Waals surface area contributed by atoms with E-state index < -0.39 is 10.0 Å². The average Bonchev–Trinajstić information content (AvgIpc) is 2.58. The maximum atomic E-state index is 11.1. The summed E-state index contributed by atoms with van der Waals surface area (Å²) in [5.74, 6) is 1.94. The summed E-state index contributed by atoms with van der Waals surface area (Å²) >= 11 is 0. The monoisotopic (exact) mass is 498 g/mol. The Labute approximate surface area is 172 Å². The number of hydrogen-bond acceptors (Lipinski definition) is 5. The molecule has 1 aromatic rings. The molecule has 8 nitrogen and oxygen atoms in total. The van der Waals surface area contributed by atoms with E-state index in [1.54, 1.807) is 14.2 Å². The number of guanidine groups is 1. The number of ether oxygens (including phenoxy) is 2. The Balaban J connectivity index is 0.00000338. The van der Waals surface area contributed by atoms with Crippen LogP contribution in [0.3, 0.4) is 0 Å². The average molecular weight is 498 g/mol. The number of fused-ring (bicyclic) bond motifs is 1. The fourth-order valence-corrected chi connectivity index (χ4v) is 3.11. The van der Waals surface area contributed by atoms with Crippen molar-refractivity contribution in [3.8, 4) is 11.5 Å². The maximum absolute atomic E-state index is 11.1. The molecule has 0 atom stereocenters. The summed E-state index contributed by atoms with van der Waals surface area (Å²) in [5, 5.41) is 8.24. The first-order chi connectivity index (χ1) is 11.9.